The lowest BCUT2D eigenvalue weighted by Gasteiger charge is -2.13. The van der Waals surface area contributed by atoms with Gasteiger partial charge in [0, 0.05) is 4.47 Å². The van der Waals surface area contributed by atoms with Gasteiger partial charge >= 0.3 is 6.03 Å². The Hall–Kier alpha value is -2.80. The molecule has 3 amide bonds. The molecule has 0 bridgehead atoms. The topological polar surface area (TPSA) is 76.7 Å². The van der Waals surface area contributed by atoms with Gasteiger partial charge in [0.25, 0.3) is 5.91 Å². The van der Waals surface area contributed by atoms with Crippen molar-refractivity contribution >= 4 is 33.9 Å². The third-order valence-electron chi connectivity index (χ3n) is 3.82. The molecule has 0 unspecified atom stereocenters. The first kappa shape index (κ1) is 18.0. The molecule has 6 nitrogen and oxygen atoms in total. The minimum atomic E-state index is -0.539. The molecule has 2 aromatic carbocycles. The van der Waals surface area contributed by atoms with Crippen molar-refractivity contribution in [2.24, 2.45) is 0 Å². The van der Waals surface area contributed by atoms with E-state index in [1.54, 1.807) is 25.3 Å². The molecule has 0 spiro atoms. The number of halogens is 1. The van der Waals surface area contributed by atoms with Gasteiger partial charge in [0.2, 0.25) is 0 Å². The van der Waals surface area contributed by atoms with Crippen LogP contribution in [0.25, 0.3) is 6.08 Å². The van der Waals surface area contributed by atoms with E-state index in [0.717, 1.165) is 5.56 Å². The van der Waals surface area contributed by atoms with Gasteiger partial charge in [0.15, 0.2) is 11.5 Å². The number of carbonyl (C=O) groups is 2. The van der Waals surface area contributed by atoms with Crippen molar-refractivity contribution in [1.82, 2.24) is 10.6 Å². The van der Waals surface area contributed by atoms with E-state index < -0.39 is 11.9 Å². The van der Waals surface area contributed by atoms with Crippen LogP contribution in [0.5, 0.6) is 11.5 Å². The maximum atomic E-state index is 11.7. The van der Waals surface area contributed by atoms with Gasteiger partial charge in [-0.05, 0) is 36.3 Å². The first-order chi connectivity index (χ1) is 12.5. The summed E-state index contributed by atoms with van der Waals surface area (Å²) in [5.74, 6) is 0.625. The molecular weight excluding hydrogens is 400 g/mol. The second-order valence-electron chi connectivity index (χ2n) is 5.77. The van der Waals surface area contributed by atoms with Gasteiger partial charge in [-0.2, -0.15) is 0 Å². The van der Waals surface area contributed by atoms with E-state index in [2.05, 4.69) is 26.6 Å². The van der Waals surface area contributed by atoms with E-state index in [-0.39, 0.29) is 5.70 Å². The molecule has 1 aliphatic heterocycles. The number of ether oxygens (including phenoxy) is 2. The van der Waals surface area contributed by atoms with Gasteiger partial charge in [0.05, 0.1) is 7.11 Å². The standard InChI is InChI=1S/C19H17BrN2O4/c1-11-3-5-12(6-4-11)10-26-17-9-14(20)13(8-16(17)25-2)7-15-18(23)22-19(24)21-15/h3-9H,10H2,1-2H3,(H2,21,22,23,24)/b15-7+. The third kappa shape index (κ3) is 4.05. The Balaban J connectivity index is 1.83. The molecule has 0 atom stereocenters. The highest BCUT2D eigenvalue weighted by Crippen LogP contribution is 2.35. The Morgan fingerprint density at radius 2 is 1.81 bits per heavy atom. The average molecular weight is 417 g/mol. The van der Waals surface area contributed by atoms with Gasteiger partial charge in [0.1, 0.15) is 12.3 Å². The fraction of sp³-hybridized carbons (Fsp3) is 0.158. The summed E-state index contributed by atoms with van der Waals surface area (Å²) in [4.78, 5) is 22.9. The number of hydrogen-bond donors (Lipinski definition) is 2. The summed E-state index contributed by atoms with van der Waals surface area (Å²) in [5, 5.41) is 4.61. The molecule has 7 heteroatoms. The van der Waals surface area contributed by atoms with Gasteiger partial charge in [-0.25, -0.2) is 4.79 Å². The molecule has 0 aliphatic carbocycles. The van der Waals surface area contributed by atoms with E-state index in [0.29, 0.717) is 28.1 Å². The molecule has 2 aromatic rings. The Kier molecular flexibility index (Phi) is 5.27. The van der Waals surface area contributed by atoms with E-state index in [9.17, 15) is 9.59 Å². The molecule has 1 heterocycles. The van der Waals surface area contributed by atoms with Crippen molar-refractivity contribution in [2.45, 2.75) is 13.5 Å². The van der Waals surface area contributed by atoms with Crippen LogP contribution >= 0.6 is 15.9 Å². The van der Waals surface area contributed by atoms with Crippen molar-refractivity contribution in [3.05, 3.63) is 63.3 Å². The molecule has 134 valence electrons. The largest absolute Gasteiger partial charge is 0.493 e. The number of methoxy groups -OCH3 is 1. The summed E-state index contributed by atoms with van der Waals surface area (Å²) in [5.41, 5.74) is 3.09. The smallest absolute Gasteiger partial charge is 0.326 e. The highest BCUT2D eigenvalue weighted by atomic mass is 79.9. The SMILES string of the molecule is COc1cc(/C=C2/NC(=O)NC2=O)c(Br)cc1OCc1ccc(C)cc1. The lowest BCUT2D eigenvalue weighted by molar-refractivity contribution is -0.115. The van der Waals surface area contributed by atoms with Crippen LogP contribution in [0.4, 0.5) is 4.79 Å². The van der Waals surface area contributed by atoms with Gasteiger partial charge in [-0.1, -0.05) is 45.8 Å². The second-order valence-corrected chi connectivity index (χ2v) is 6.62. The van der Waals surface area contributed by atoms with Crippen molar-refractivity contribution in [3.8, 4) is 11.5 Å². The number of benzene rings is 2. The number of nitrogens with one attached hydrogen (secondary N) is 2. The van der Waals surface area contributed by atoms with Crippen LogP contribution < -0.4 is 20.1 Å². The molecule has 1 aliphatic rings. The first-order valence-corrected chi connectivity index (χ1v) is 8.65. The average Bonchev–Trinajstić information content (AvgIpc) is 2.93. The fourth-order valence-electron chi connectivity index (χ4n) is 2.42. The van der Waals surface area contributed by atoms with Crippen LogP contribution in [0.2, 0.25) is 0 Å². The van der Waals surface area contributed by atoms with Crippen LogP contribution in [0.1, 0.15) is 16.7 Å². The molecule has 26 heavy (non-hydrogen) atoms. The maximum Gasteiger partial charge on any atom is 0.326 e. The van der Waals surface area contributed by atoms with E-state index in [1.807, 2.05) is 31.2 Å². The van der Waals surface area contributed by atoms with Crippen molar-refractivity contribution in [3.63, 3.8) is 0 Å². The van der Waals surface area contributed by atoms with Crippen LogP contribution in [0.3, 0.4) is 0 Å². The normalized spacial score (nSPS) is 15.0. The van der Waals surface area contributed by atoms with Crippen LogP contribution in [-0.4, -0.2) is 19.0 Å². The number of amides is 3. The summed E-state index contributed by atoms with van der Waals surface area (Å²) in [6, 6.07) is 11.0. The predicted octanol–water partition coefficient (Wildman–Crippen LogP) is 3.53. The zero-order valence-electron chi connectivity index (χ0n) is 14.3. The number of carbonyl (C=O) groups excluding carboxylic acids is 2. The minimum Gasteiger partial charge on any atom is -0.493 e. The van der Waals surface area contributed by atoms with Gasteiger partial charge in [-0.15, -0.1) is 0 Å². The fourth-order valence-corrected chi connectivity index (χ4v) is 2.85. The number of urea groups is 1. The molecule has 0 radical (unpaired) electrons. The van der Waals surface area contributed by atoms with Gasteiger partial charge < -0.3 is 14.8 Å². The number of rotatable bonds is 5. The van der Waals surface area contributed by atoms with Crippen LogP contribution in [0, 0.1) is 6.92 Å². The monoisotopic (exact) mass is 416 g/mol. The molecule has 0 saturated carbocycles. The Bertz CT molecular complexity index is 891. The van der Waals surface area contributed by atoms with Crippen molar-refractivity contribution in [2.75, 3.05) is 7.11 Å². The Labute approximate surface area is 159 Å². The number of aryl methyl sites for hydroxylation is 1. The first-order valence-electron chi connectivity index (χ1n) is 7.86. The highest BCUT2D eigenvalue weighted by Gasteiger charge is 2.23. The van der Waals surface area contributed by atoms with Crippen LogP contribution in [-0.2, 0) is 11.4 Å². The highest BCUT2D eigenvalue weighted by molar-refractivity contribution is 9.10. The maximum absolute atomic E-state index is 11.7. The Morgan fingerprint density at radius 1 is 1.08 bits per heavy atom. The third-order valence-corrected chi connectivity index (χ3v) is 4.50. The van der Waals surface area contributed by atoms with Crippen molar-refractivity contribution in [1.29, 1.82) is 0 Å². The quantitative estimate of drug-likeness (QED) is 0.577. The summed E-state index contributed by atoms with van der Waals surface area (Å²) >= 11 is 3.46. The predicted molar refractivity (Wildman–Crippen MR) is 101 cm³/mol. The Morgan fingerprint density at radius 3 is 2.42 bits per heavy atom. The molecule has 1 saturated heterocycles. The number of imide groups is 1. The van der Waals surface area contributed by atoms with Crippen LogP contribution in [0.15, 0.2) is 46.6 Å². The molecule has 1 fully saturated rings. The summed E-state index contributed by atoms with van der Waals surface area (Å²) in [6.07, 6.45) is 1.57. The summed E-state index contributed by atoms with van der Waals surface area (Å²) in [7, 11) is 1.54. The molecular formula is C19H17BrN2O4. The van der Waals surface area contributed by atoms with Crippen molar-refractivity contribution < 1.29 is 19.1 Å². The lowest BCUT2D eigenvalue weighted by atomic mass is 10.1. The van der Waals surface area contributed by atoms with E-state index >= 15 is 0 Å². The molecule has 2 N–H and O–H groups in total. The summed E-state index contributed by atoms with van der Waals surface area (Å²) < 4.78 is 12.0. The van der Waals surface area contributed by atoms with Gasteiger partial charge in [-0.3, -0.25) is 10.1 Å². The molecule has 3 rings (SSSR count). The lowest BCUT2D eigenvalue weighted by Crippen LogP contribution is -2.22. The zero-order chi connectivity index (χ0) is 18.7. The van der Waals surface area contributed by atoms with E-state index in [1.165, 1.54) is 5.56 Å². The number of hydrogen-bond acceptors (Lipinski definition) is 4. The zero-order valence-corrected chi connectivity index (χ0v) is 15.8. The molecule has 0 aromatic heterocycles. The summed E-state index contributed by atoms with van der Waals surface area (Å²) in [6.45, 7) is 2.44. The van der Waals surface area contributed by atoms with E-state index in [4.69, 9.17) is 9.47 Å². The minimum absolute atomic E-state index is 0.172. The second kappa shape index (κ2) is 7.61.